The van der Waals surface area contributed by atoms with Crippen LogP contribution >= 0.6 is 11.8 Å². The number of nitrogens with zero attached hydrogens (tertiary/aromatic N) is 1. The molecule has 0 aromatic heterocycles. The molecule has 24 heavy (non-hydrogen) atoms. The van der Waals surface area contributed by atoms with Crippen LogP contribution in [-0.2, 0) is 9.16 Å². The van der Waals surface area contributed by atoms with E-state index in [1.807, 2.05) is 38.1 Å². The fourth-order valence-corrected chi connectivity index (χ4v) is 4.84. The minimum Gasteiger partial charge on any atom is -0.411 e. The number of nitro groups is 1. The fraction of sp³-hybridized carbons (Fsp3) is 0.647. The minimum absolute atomic E-state index is 0.0531. The maximum atomic E-state index is 11.6. The van der Waals surface area contributed by atoms with E-state index in [1.54, 1.807) is 0 Å². The molecule has 2 rings (SSSR count). The number of ether oxygens (including phenoxy) is 1. The van der Waals surface area contributed by atoms with Crippen molar-refractivity contribution >= 4 is 20.1 Å². The van der Waals surface area contributed by atoms with E-state index in [0.29, 0.717) is 0 Å². The molecule has 1 aromatic rings. The van der Waals surface area contributed by atoms with Crippen molar-refractivity contribution in [2.75, 3.05) is 0 Å². The Balaban J connectivity index is 2.12. The van der Waals surface area contributed by atoms with Gasteiger partial charge in [0.2, 0.25) is 0 Å². The molecule has 7 heteroatoms. The molecule has 0 saturated carbocycles. The van der Waals surface area contributed by atoms with Gasteiger partial charge in [0.1, 0.15) is 0 Å². The van der Waals surface area contributed by atoms with Crippen molar-refractivity contribution in [1.29, 1.82) is 0 Å². The molecular weight excluding hydrogens is 342 g/mol. The van der Waals surface area contributed by atoms with E-state index >= 15 is 0 Å². The Morgan fingerprint density at radius 2 is 1.88 bits per heavy atom. The number of rotatable bonds is 6. The first-order chi connectivity index (χ1) is 10.9. The molecular formula is C17H27NO4SSi. The SMILES string of the molecule is Cc1ccc(S[C@]2([N+](=O)[O-])O[C@@H]2[C@H](C)O[Si](C)(C)C(C)(C)C)cc1. The van der Waals surface area contributed by atoms with Crippen LogP contribution in [0.3, 0.4) is 0 Å². The summed E-state index contributed by atoms with van der Waals surface area (Å²) in [5.41, 5.74) is 1.12. The normalized spacial score (nSPS) is 25.4. The molecule has 1 aliphatic heterocycles. The Morgan fingerprint density at radius 1 is 1.33 bits per heavy atom. The van der Waals surface area contributed by atoms with Crippen LogP contribution in [0, 0.1) is 17.0 Å². The minimum atomic E-state index is -2.00. The Morgan fingerprint density at radius 3 is 2.33 bits per heavy atom. The van der Waals surface area contributed by atoms with Crippen molar-refractivity contribution < 1.29 is 14.1 Å². The van der Waals surface area contributed by atoms with Gasteiger partial charge in [-0.15, -0.1) is 0 Å². The van der Waals surface area contributed by atoms with Gasteiger partial charge in [0.15, 0.2) is 14.4 Å². The lowest BCUT2D eigenvalue weighted by atomic mass is 10.2. The first-order valence-corrected chi connectivity index (χ1v) is 11.9. The summed E-state index contributed by atoms with van der Waals surface area (Å²) in [4.78, 5) is 12.2. The van der Waals surface area contributed by atoms with Crippen molar-refractivity contribution in [3.05, 3.63) is 39.9 Å². The highest BCUT2D eigenvalue weighted by molar-refractivity contribution is 8.00. The number of thioether (sulfide) groups is 1. The molecule has 0 radical (unpaired) electrons. The Bertz CT molecular complexity index is 614. The standard InChI is InChI=1S/C17H27NO4SSi/c1-12-8-10-14(11-9-12)23-17(18(19)20)15(21-17)13(2)22-24(6,7)16(3,4)5/h8-11,13,15H,1-7H3/t13-,15+,17+/m0/s1. The molecule has 1 aliphatic rings. The lowest BCUT2D eigenvalue weighted by Crippen LogP contribution is -2.45. The second kappa shape index (κ2) is 6.44. The first kappa shape index (κ1) is 19.4. The van der Waals surface area contributed by atoms with E-state index in [-0.39, 0.29) is 16.1 Å². The molecule has 0 amide bonds. The second-order valence-electron chi connectivity index (χ2n) is 7.92. The molecule has 0 N–H and O–H groups in total. The quantitative estimate of drug-likeness (QED) is 0.236. The molecule has 0 bridgehead atoms. The maximum absolute atomic E-state index is 11.6. The zero-order valence-electron chi connectivity index (χ0n) is 15.5. The summed E-state index contributed by atoms with van der Waals surface area (Å²) in [6, 6.07) is 7.68. The second-order valence-corrected chi connectivity index (χ2v) is 13.9. The molecule has 5 nitrogen and oxygen atoms in total. The van der Waals surface area contributed by atoms with Gasteiger partial charge in [0.05, 0.1) is 11.0 Å². The van der Waals surface area contributed by atoms with Crippen LogP contribution in [0.2, 0.25) is 18.1 Å². The van der Waals surface area contributed by atoms with E-state index in [0.717, 1.165) is 22.2 Å². The van der Waals surface area contributed by atoms with Gasteiger partial charge in [-0.05, 0) is 55.9 Å². The Kier molecular flexibility index (Phi) is 5.21. The summed E-state index contributed by atoms with van der Waals surface area (Å²) in [5.74, 6) is 0. The van der Waals surface area contributed by atoms with Gasteiger partial charge >= 0.3 is 5.06 Å². The summed E-state index contributed by atoms with van der Waals surface area (Å²) in [6.45, 7) is 14.6. The third kappa shape index (κ3) is 3.85. The van der Waals surface area contributed by atoms with Crippen LogP contribution in [0.15, 0.2) is 29.2 Å². The Hall–Kier alpha value is -0.893. The average molecular weight is 370 g/mol. The summed E-state index contributed by atoms with van der Waals surface area (Å²) in [7, 11) is -2.00. The van der Waals surface area contributed by atoms with Gasteiger partial charge in [-0.25, -0.2) is 0 Å². The van der Waals surface area contributed by atoms with Gasteiger partial charge < -0.3 is 4.43 Å². The summed E-state index contributed by atoms with van der Waals surface area (Å²) in [5, 5.41) is 10.3. The number of hydrogen-bond acceptors (Lipinski definition) is 5. The topological polar surface area (TPSA) is 64.9 Å². The number of epoxide rings is 1. The van der Waals surface area contributed by atoms with Gasteiger partial charge in [-0.3, -0.25) is 14.9 Å². The van der Waals surface area contributed by atoms with Crippen LogP contribution in [0.1, 0.15) is 33.3 Å². The highest BCUT2D eigenvalue weighted by Crippen LogP contribution is 2.53. The molecule has 1 fully saturated rings. The number of benzene rings is 1. The van der Waals surface area contributed by atoms with E-state index in [1.165, 1.54) is 0 Å². The van der Waals surface area contributed by atoms with Crippen LogP contribution in [0.5, 0.6) is 0 Å². The molecule has 1 saturated heterocycles. The summed E-state index contributed by atoms with van der Waals surface area (Å²) in [6.07, 6.45) is -0.845. The maximum Gasteiger partial charge on any atom is 0.408 e. The van der Waals surface area contributed by atoms with Crippen LogP contribution in [0.25, 0.3) is 0 Å². The summed E-state index contributed by atoms with van der Waals surface area (Å²) >= 11 is 1.16. The van der Waals surface area contributed by atoms with Gasteiger partial charge in [0, 0.05) is 4.90 Å². The number of aryl methyl sites for hydroxylation is 1. The fourth-order valence-electron chi connectivity index (χ4n) is 2.29. The third-order valence-electron chi connectivity index (χ3n) is 4.85. The molecule has 0 unspecified atom stereocenters. The van der Waals surface area contributed by atoms with Gasteiger partial charge in [0.25, 0.3) is 0 Å². The van der Waals surface area contributed by atoms with E-state index in [9.17, 15) is 10.1 Å². The smallest absolute Gasteiger partial charge is 0.408 e. The predicted octanol–water partition coefficient (Wildman–Crippen LogP) is 4.83. The lowest BCUT2D eigenvalue weighted by Gasteiger charge is -2.38. The van der Waals surface area contributed by atoms with E-state index < -0.39 is 19.5 Å². The van der Waals surface area contributed by atoms with Crippen molar-refractivity contribution in [3.63, 3.8) is 0 Å². The first-order valence-electron chi connectivity index (χ1n) is 8.15. The number of hydrogen-bond donors (Lipinski definition) is 0. The third-order valence-corrected chi connectivity index (χ3v) is 10.7. The van der Waals surface area contributed by atoms with Crippen molar-refractivity contribution in [2.45, 2.75) is 74.9 Å². The monoisotopic (exact) mass is 369 g/mol. The average Bonchev–Trinajstić information content (AvgIpc) is 3.16. The highest BCUT2D eigenvalue weighted by Gasteiger charge is 2.73. The largest absolute Gasteiger partial charge is 0.411 e. The van der Waals surface area contributed by atoms with Crippen molar-refractivity contribution in [3.8, 4) is 0 Å². The molecule has 1 heterocycles. The van der Waals surface area contributed by atoms with Gasteiger partial charge in [-0.1, -0.05) is 38.5 Å². The molecule has 134 valence electrons. The molecule has 1 aromatic carbocycles. The van der Waals surface area contributed by atoms with Crippen molar-refractivity contribution in [1.82, 2.24) is 0 Å². The zero-order chi connectivity index (χ0) is 18.3. The molecule has 0 spiro atoms. The zero-order valence-corrected chi connectivity index (χ0v) is 17.3. The summed E-state index contributed by atoms with van der Waals surface area (Å²) < 4.78 is 11.9. The van der Waals surface area contributed by atoms with Crippen LogP contribution in [0.4, 0.5) is 0 Å². The van der Waals surface area contributed by atoms with E-state index in [4.69, 9.17) is 9.16 Å². The van der Waals surface area contributed by atoms with Gasteiger partial charge in [-0.2, -0.15) is 0 Å². The van der Waals surface area contributed by atoms with E-state index in [2.05, 4.69) is 33.9 Å². The van der Waals surface area contributed by atoms with Crippen molar-refractivity contribution in [2.24, 2.45) is 0 Å². The van der Waals surface area contributed by atoms with Crippen LogP contribution < -0.4 is 0 Å². The predicted molar refractivity (Wildman–Crippen MR) is 99.4 cm³/mol. The Labute approximate surface area is 149 Å². The van der Waals surface area contributed by atoms with Crippen LogP contribution in [-0.4, -0.2) is 30.5 Å². The molecule has 3 atom stereocenters. The highest BCUT2D eigenvalue weighted by atomic mass is 32.2. The molecule has 0 aliphatic carbocycles. The lowest BCUT2D eigenvalue weighted by molar-refractivity contribution is -0.532.